The number of ether oxygens (including phenoxy) is 1. The number of rotatable bonds is 6. The molecule has 2 aromatic rings. The molecule has 0 radical (unpaired) electrons. The van der Waals surface area contributed by atoms with E-state index >= 15 is 0 Å². The van der Waals surface area contributed by atoms with Crippen LogP contribution in [0.25, 0.3) is 11.5 Å². The SMILES string of the molecule is CCCN(C)C(=O)OCc1c(C)noc1-c1ccc(B2OC(C)(C)C(C)(C)O2)c(C)n1. The highest BCUT2D eigenvalue weighted by atomic mass is 16.7. The number of aryl methyl sites for hydroxylation is 2. The highest BCUT2D eigenvalue weighted by Crippen LogP contribution is 2.36. The number of amides is 1. The van der Waals surface area contributed by atoms with Crippen LogP contribution in [-0.4, -0.2) is 53.0 Å². The van der Waals surface area contributed by atoms with Crippen LogP contribution in [0.1, 0.15) is 58.0 Å². The molecule has 0 unspecified atom stereocenters. The summed E-state index contributed by atoms with van der Waals surface area (Å²) in [6.07, 6.45) is 0.482. The molecule has 1 fully saturated rings. The predicted molar refractivity (Wildman–Crippen MR) is 118 cm³/mol. The Hall–Kier alpha value is -2.39. The Balaban J connectivity index is 1.81. The number of hydrogen-bond donors (Lipinski definition) is 0. The number of carbonyl (C=O) groups is 1. The molecule has 1 aliphatic heterocycles. The summed E-state index contributed by atoms with van der Waals surface area (Å²) in [5.41, 5.74) is 2.78. The van der Waals surface area contributed by atoms with Gasteiger partial charge in [0.25, 0.3) is 0 Å². The molecule has 1 saturated heterocycles. The lowest BCUT2D eigenvalue weighted by atomic mass is 9.78. The zero-order valence-electron chi connectivity index (χ0n) is 19.7. The summed E-state index contributed by atoms with van der Waals surface area (Å²) in [7, 11) is 1.23. The lowest BCUT2D eigenvalue weighted by Gasteiger charge is -2.32. The molecule has 0 aromatic carbocycles. The van der Waals surface area contributed by atoms with E-state index in [-0.39, 0.29) is 12.7 Å². The van der Waals surface area contributed by atoms with Gasteiger partial charge in [0.1, 0.15) is 12.3 Å². The maximum absolute atomic E-state index is 12.1. The maximum Gasteiger partial charge on any atom is 0.496 e. The van der Waals surface area contributed by atoms with Gasteiger partial charge in [0, 0.05) is 24.7 Å². The van der Waals surface area contributed by atoms with E-state index in [4.69, 9.17) is 23.6 Å². The lowest BCUT2D eigenvalue weighted by molar-refractivity contribution is 0.00578. The van der Waals surface area contributed by atoms with E-state index in [0.717, 1.165) is 17.6 Å². The van der Waals surface area contributed by atoms with Gasteiger partial charge < -0.3 is 23.5 Å². The van der Waals surface area contributed by atoms with E-state index in [9.17, 15) is 4.79 Å². The van der Waals surface area contributed by atoms with Gasteiger partial charge in [-0.25, -0.2) is 4.79 Å². The Morgan fingerprint density at radius 1 is 1.13 bits per heavy atom. The average Bonchev–Trinajstić information content (AvgIpc) is 3.15. The van der Waals surface area contributed by atoms with E-state index < -0.39 is 18.3 Å². The minimum absolute atomic E-state index is 0.0667. The molecule has 0 atom stereocenters. The minimum atomic E-state index is -0.488. The Morgan fingerprint density at radius 2 is 1.77 bits per heavy atom. The van der Waals surface area contributed by atoms with Gasteiger partial charge in [0.2, 0.25) is 0 Å². The van der Waals surface area contributed by atoms with E-state index in [1.54, 1.807) is 11.9 Å². The minimum Gasteiger partial charge on any atom is -0.444 e. The molecule has 31 heavy (non-hydrogen) atoms. The number of carbonyl (C=O) groups excluding carboxylic acids is 1. The quantitative estimate of drug-likeness (QED) is 0.648. The molecule has 3 rings (SSSR count). The third kappa shape index (κ3) is 4.62. The topological polar surface area (TPSA) is 86.9 Å². The van der Waals surface area contributed by atoms with Crippen molar-refractivity contribution in [3.05, 3.63) is 29.1 Å². The first-order valence-corrected chi connectivity index (χ1v) is 10.6. The van der Waals surface area contributed by atoms with Gasteiger partial charge in [-0.05, 0) is 54.0 Å². The maximum atomic E-state index is 12.1. The van der Waals surface area contributed by atoms with Crippen molar-refractivity contribution in [1.82, 2.24) is 15.0 Å². The van der Waals surface area contributed by atoms with Gasteiger partial charge in [-0.1, -0.05) is 18.1 Å². The van der Waals surface area contributed by atoms with Crippen molar-refractivity contribution >= 4 is 18.7 Å². The van der Waals surface area contributed by atoms with Gasteiger partial charge >= 0.3 is 13.2 Å². The fraction of sp³-hybridized carbons (Fsp3) is 0.591. The molecule has 0 N–H and O–H groups in total. The van der Waals surface area contributed by atoms with Crippen LogP contribution in [0.4, 0.5) is 4.79 Å². The van der Waals surface area contributed by atoms with Crippen molar-refractivity contribution in [2.24, 2.45) is 0 Å². The molecule has 3 heterocycles. The number of nitrogens with zero attached hydrogens (tertiary/aromatic N) is 3. The second-order valence-corrected chi connectivity index (χ2v) is 9.01. The molecule has 168 valence electrons. The molecular weight excluding hydrogens is 397 g/mol. The van der Waals surface area contributed by atoms with Crippen molar-refractivity contribution in [3.63, 3.8) is 0 Å². The van der Waals surface area contributed by atoms with E-state index in [0.29, 0.717) is 29.3 Å². The normalized spacial score (nSPS) is 17.1. The van der Waals surface area contributed by atoms with Crippen molar-refractivity contribution < 1.29 is 23.4 Å². The summed E-state index contributed by atoms with van der Waals surface area (Å²) in [5, 5.41) is 4.05. The standard InChI is InChI=1S/C22H32BN3O5/c1-9-12-26(8)20(27)28-13-16-14(2)25-29-19(16)18-11-10-17(15(3)24-18)23-30-21(4,5)22(6,7)31-23/h10-11H,9,12-13H2,1-8H3. The number of hydrogen-bond acceptors (Lipinski definition) is 7. The highest BCUT2D eigenvalue weighted by molar-refractivity contribution is 6.62. The molecule has 1 amide bonds. The average molecular weight is 429 g/mol. The van der Waals surface area contributed by atoms with Crippen LogP contribution in [0.2, 0.25) is 0 Å². The summed E-state index contributed by atoms with van der Waals surface area (Å²) < 4.78 is 23.3. The molecule has 0 bridgehead atoms. The van der Waals surface area contributed by atoms with Crippen LogP contribution < -0.4 is 5.46 Å². The van der Waals surface area contributed by atoms with Crippen LogP contribution in [0, 0.1) is 13.8 Å². The third-order valence-electron chi connectivity index (χ3n) is 6.06. The smallest absolute Gasteiger partial charge is 0.444 e. The van der Waals surface area contributed by atoms with E-state index in [2.05, 4.69) is 5.16 Å². The second-order valence-electron chi connectivity index (χ2n) is 9.01. The van der Waals surface area contributed by atoms with Crippen molar-refractivity contribution in [2.75, 3.05) is 13.6 Å². The van der Waals surface area contributed by atoms with Crippen LogP contribution in [0.15, 0.2) is 16.7 Å². The Labute approximate surface area is 184 Å². The fourth-order valence-electron chi connectivity index (χ4n) is 3.35. The van der Waals surface area contributed by atoms with E-state index in [1.165, 1.54) is 0 Å². The Bertz CT molecular complexity index is 941. The molecule has 8 nitrogen and oxygen atoms in total. The summed E-state index contributed by atoms with van der Waals surface area (Å²) in [4.78, 5) is 18.4. The Morgan fingerprint density at radius 3 is 2.35 bits per heavy atom. The zero-order valence-corrected chi connectivity index (χ0v) is 19.7. The van der Waals surface area contributed by atoms with Gasteiger partial charge in [-0.2, -0.15) is 0 Å². The summed E-state index contributed by atoms with van der Waals surface area (Å²) >= 11 is 0. The molecule has 1 aliphatic rings. The van der Waals surface area contributed by atoms with Crippen molar-refractivity contribution in [3.8, 4) is 11.5 Å². The summed E-state index contributed by atoms with van der Waals surface area (Å²) in [5.74, 6) is 0.493. The molecule has 0 saturated carbocycles. The van der Waals surface area contributed by atoms with Gasteiger partial charge in [-0.15, -0.1) is 0 Å². The molecule has 9 heteroatoms. The zero-order chi connectivity index (χ0) is 23.0. The lowest BCUT2D eigenvalue weighted by Crippen LogP contribution is -2.41. The van der Waals surface area contributed by atoms with Crippen molar-refractivity contribution in [1.29, 1.82) is 0 Å². The van der Waals surface area contributed by atoms with Gasteiger partial charge in [-0.3, -0.25) is 4.98 Å². The first-order chi connectivity index (χ1) is 14.5. The number of aromatic nitrogens is 2. The molecular formula is C22H32BN3O5. The summed E-state index contributed by atoms with van der Waals surface area (Å²) in [6.45, 7) is 14.5. The Kier molecular flexibility index (Phi) is 6.48. The monoisotopic (exact) mass is 429 g/mol. The van der Waals surface area contributed by atoms with Crippen molar-refractivity contribution in [2.45, 2.75) is 72.7 Å². The largest absolute Gasteiger partial charge is 0.496 e. The van der Waals surface area contributed by atoms with Gasteiger partial charge in [0.15, 0.2) is 5.76 Å². The third-order valence-corrected chi connectivity index (χ3v) is 6.06. The van der Waals surface area contributed by atoms with Crippen LogP contribution >= 0.6 is 0 Å². The predicted octanol–water partition coefficient (Wildman–Crippen LogP) is 3.63. The summed E-state index contributed by atoms with van der Waals surface area (Å²) in [6, 6.07) is 3.78. The van der Waals surface area contributed by atoms with Crippen LogP contribution in [0.3, 0.4) is 0 Å². The second kappa shape index (κ2) is 8.63. The molecule has 2 aromatic heterocycles. The number of pyridine rings is 1. The molecule has 0 spiro atoms. The van der Waals surface area contributed by atoms with Crippen LogP contribution in [-0.2, 0) is 20.7 Å². The molecule has 0 aliphatic carbocycles. The fourth-order valence-corrected chi connectivity index (χ4v) is 3.35. The first kappa shape index (κ1) is 23.3. The van der Waals surface area contributed by atoms with Gasteiger partial charge in [0.05, 0.1) is 22.5 Å². The first-order valence-electron chi connectivity index (χ1n) is 10.6. The highest BCUT2D eigenvalue weighted by Gasteiger charge is 2.52. The van der Waals surface area contributed by atoms with E-state index in [1.807, 2.05) is 60.6 Å². The van der Waals surface area contributed by atoms with Crippen LogP contribution in [0.5, 0.6) is 0 Å².